The van der Waals surface area contributed by atoms with E-state index in [4.69, 9.17) is 0 Å². The van der Waals surface area contributed by atoms with Crippen molar-refractivity contribution >= 4 is 0 Å². The molecular weight excluding hydrogens is 196 g/mol. The van der Waals surface area contributed by atoms with Crippen LogP contribution in [0.15, 0.2) is 0 Å². The van der Waals surface area contributed by atoms with Gasteiger partial charge in [0.25, 0.3) is 0 Å². The fraction of sp³-hybridized carbons (Fsp3) is 0.400. The van der Waals surface area contributed by atoms with Crippen LogP contribution >= 0.6 is 0 Å². The molecule has 0 fully saturated rings. The highest BCUT2D eigenvalue weighted by Gasteiger charge is 2.19. The molecule has 0 saturated heterocycles. The molecule has 0 unspecified atom stereocenters. The zero-order valence-corrected chi connectivity index (χ0v) is 8.51. The van der Waals surface area contributed by atoms with E-state index >= 15 is 0 Å². The average Bonchev–Trinajstić information content (AvgIpc) is 2.24. The van der Waals surface area contributed by atoms with Gasteiger partial charge in [-0.2, -0.15) is 0 Å². The van der Waals surface area contributed by atoms with Gasteiger partial charge >= 0.3 is 0 Å². The van der Waals surface area contributed by atoms with Crippen LogP contribution in [-0.4, -0.2) is 0 Å². The molecule has 0 atom stereocenters. The summed E-state index contributed by atoms with van der Waals surface area (Å²) in [4.78, 5) is 0. The van der Waals surface area contributed by atoms with Gasteiger partial charge in [0.1, 0.15) is 0 Å². The van der Waals surface area contributed by atoms with Crippen molar-refractivity contribution in [3.63, 3.8) is 0 Å². The zero-order valence-electron chi connectivity index (χ0n) is 8.51. The van der Waals surface area contributed by atoms with Crippen LogP contribution in [0, 0.1) is 37.1 Å². The summed E-state index contributed by atoms with van der Waals surface area (Å²) in [6, 6.07) is 0. The van der Waals surface area contributed by atoms with E-state index in [9.17, 15) is 17.6 Å². The third kappa shape index (κ3) is 2.05. The van der Waals surface area contributed by atoms with Crippen molar-refractivity contribution in [3.05, 3.63) is 34.4 Å². The number of halogens is 4. The van der Waals surface area contributed by atoms with Gasteiger partial charge < -0.3 is 0 Å². The first-order chi connectivity index (χ1) is 6.46. The van der Waals surface area contributed by atoms with Crippen LogP contribution in [0.25, 0.3) is 0 Å². The first-order valence-corrected chi connectivity index (χ1v) is 4.26. The maximum Gasteiger partial charge on any atom is 0.165 e. The van der Waals surface area contributed by atoms with Gasteiger partial charge in [-0.3, -0.25) is 0 Å². The predicted molar refractivity (Wildman–Crippen MR) is 47.1 cm³/mol. The topological polar surface area (TPSA) is 0 Å². The Morgan fingerprint density at radius 3 is 0.857 bits per heavy atom. The van der Waals surface area contributed by atoms with Crippen LogP contribution in [0.3, 0.4) is 0 Å². The second kappa shape index (κ2) is 4.98. The fourth-order valence-corrected chi connectivity index (χ4v) is 0.851. The Bertz CT molecular complexity index is 226. The van der Waals surface area contributed by atoms with Crippen LogP contribution < -0.4 is 0 Å². The lowest BCUT2D eigenvalue weighted by Gasteiger charge is -2.04. The van der Waals surface area contributed by atoms with Gasteiger partial charge in [-0.25, -0.2) is 17.6 Å². The summed E-state index contributed by atoms with van der Waals surface area (Å²) in [5, 5.41) is 0. The molecule has 0 radical (unpaired) electrons. The monoisotopic (exact) mass is 208 g/mol. The number of benzene rings is 1. The lowest BCUT2D eigenvalue weighted by Crippen LogP contribution is -2.02. The highest BCUT2D eigenvalue weighted by atomic mass is 19.2. The minimum atomic E-state index is -1.33. The lowest BCUT2D eigenvalue weighted by atomic mass is 10.1. The SMILES string of the molecule is CC.Cc1c(F)c(F)c(C)c(F)c1F. The van der Waals surface area contributed by atoms with E-state index in [0.717, 1.165) is 13.8 Å². The normalized spacial score (nSPS) is 9.43. The van der Waals surface area contributed by atoms with E-state index in [1.165, 1.54) is 0 Å². The van der Waals surface area contributed by atoms with Gasteiger partial charge in [0.05, 0.1) is 0 Å². The fourth-order valence-electron chi connectivity index (χ4n) is 0.851. The maximum absolute atomic E-state index is 12.7. The van der Waals surface area contributed by atoms with Crippen molar-refractivity contribution in [1.29, 1.82) is 0 Å². The Labute approximate surface area is 80.6 Å². The van der Waals surface area contributed by atoms with Gasteiger partial charge in [0, 0.05) is 11.1 Å². The molecule has 0 amide bonds. The van der Waals surface area contributed by atoms with E-state index < -0.39 is 34.4 Å². The first kappa shape index (κ1) is 12.9. The van der Waals surface area contributed by atoms with Crippen LogP contribution in [-0.2, 0) is 0 Å². The molecule has 80 valence electrons. The van der Waals surface area contributed by atoms with E-state index in [2.05, 4.69) is 0 Å². The quantitative estimate of drug-likeness (QED) is 0.448. The third-order valence-electron chi connectivity index (χ3n) is 1.70. The molecule has 1 aromatic carbocycles. The van der Waals surface area contributed by atoms with Crippen LogP contribution in [0.4, 0.5) is 17.6 Å². The molecule has 0 N–H and O–H groups in total. The standard InChI is InChI=1S/C8H6F4.C2H6/c1-3-5(9)7(11)4(2)8(12)6(3)10;1-2/h1-2H3;1-2H3. The first-order valence-electron chi connectivity index (χ1n) is 4.26. The van der Waals surface area contributed by atoms with E-state index in [1.54, 1.807) is 0 Å². The molecule has 14 heavy (non-hydrogen) atoms. The minimum Gasteiger partial charge on any atom is -0.203 e. The van der Waals surface area contributed by atoms with Gasteiger partial charge in [-0.05, 0) is 13.8 Å². The smallest absolute Gasteiger partial charge is 0.165 e. The Morgan fingerprint density at radius 2 is 0.714 bits per heavy atom. The molecular formula is C10H12F4. The van der Waals surface area contributed by atoms with Crippen molar-refractivity contribution in [3.8, 4) is 0 Å². The number of hydrogen-bond donors (Lipinski definition) is 0. The van der Waals surface area contributed by atoms with E-state index in [-0.39, 0.29) is 0 Å². The van der Waals surface area contributed by atoms with Crippen molar-refractivity contribution in [1.82, 2.24) is 0 Å². The molecule has 4 heteroatoms. The van der Waals surface area contributed by atoms with E-state index in [1.807, 2.05) is 13.8 Å². The molecule has 0 aromatic heterocycles. The van der Waals surface area contributed by atoms with Crippen molar-refractivity contribution in [2.75, 3.05) is 0 Å². The predicted octanol–water partition coefficient (Wildman–Crippen LogP) is 3.89. The summed E-state index contributed by atoms with van der Waals surface area (Å²) in [6.07, 6.45) is 0. The Morgan fingerprint density at radius 1 is 0.571 bits per heavy atom. The summed E-state index contributed by atoms with van der Waals surface area (Å²) in [7, 11) is 0. The molecule has 0 spiro atoms. The lowest BCUT2D eigenvalue weighted by molar-refractivity contribution is 0.436. The summed E-state index contributed by atoms with van der Waals surface area (Å²) < 4.78 is 50.6. The van der Waals surface area contributed by atoms with Gasteiger partial charge in [0.2, 0.25) is 0 Å². The number of rotatable bonds is 0. The van der Waals surface area contributed by atoms with Crippen LogP contribution in [0.5, 0.6) is 0 Å². The molecule has 0 saturated carbocycles. The molecule has 0 aliphatic rings. The molecule has 0 aliphatic carbocycles. The second-order valence-corrected chi connectivity index (χ2v) is 2.51. The minimum absolute atomic E-state index is 0.629. The highest BCUT2D eigenvalue weighted by Crippen LogP contribution is 2.22. The second-order valence-electron chi connectivity index (χ2n) is 2.51. The van der Waals surface area contributed by atoms with E-state index in [0.29, 0.717) is 0 Å². The highest BCUT2D eigenvalue weighted by molar-refractivity contribution is 5.27. The summed E-state index contributed by atoms with van der Waals surface area (Å²) in [5.41, 5.74) is -1.26. The number of hydrogen-bond acceptors (Lipinski definition) is 0. The molecule has 0 aliphatic heterocycles. The zero-order chi connectivity index (χ0) is 11.5. The van der Waals surface area contributed by atoms with Crippen LogP contribution in [0.2, 0.25) is 0 Å². The largest absolute Gasteiger partial charge is 0.203 e. The maximum atomic E-state index is 12.7. The Balaban J connectivity index is 0.000000791. The van der Waals surface area contributed by atoms with Gasteiger partial charge in [0.15, 0.2) is 23.3 Å². The summed E-state index contributed by atoms with van der Waals surface area (Å²) in [6.45, 7) is 5.96. The average molecular weight is 208 g/mol. The Hall–Kier alpha value is -1.06. The van der Waals surface area contributed by atoms with Crippen molar-refractivity contribution in [2.24, 2.45) is 0 Å². The molecule has 1 rings (SSSR count). The summed E-state index contributed by atoms with van der Waals surface area (Å²) in [5.74, 6) is -5.31. The van der Waals surface area contributed by atoms with Crippen LogP contribution in [0.1, 0.15) is 25.0 Å². The molecule has 0 nitrogen and oxygen atoms in total. The molecule has 0 bridgehead atoms. The Kier molecular flexibility index (Phi) is 4.60. The van der Waals surface area contributed by atoms with Crippen molar-refractivity contribution in [2.45, 2.75) is 27.7 Å². The molecule has 1 aromatic rings. The van der Waals surface area contributed by atoms with Gasteiger partial charge in [-0.15, -0.1) is 0 Å². The third-order valence-corrected chi connectivity index (χ3v) is 1.70. The van der Waals surface area contributed by atoms with Gasteiger partial charge in [-0.1, -0.05) is 13.8 Å². The summed E-state index contributed by atoms with van der Waals surface area (Å²) >= 11 is 0. The van der Waals surface area contributed by atoms with Crippen molar-refractivity contribution < 1.29 is 17.6 Å². The molecule has 0 heterocycles.